The molecular weight excluding hydrogens is 276 g/mol. The van der Waals surface area contributed by atoms with Crippen molar-refractivity contribution in [3.63, 3.8) is 0 Å². The number of rotatable bonds is 2. The van der Waals surface area contributed by atoms with Gasteiger partial charge in [-0.05, 0) is 18.2 Å². The van der Waals surface area contributed by atoms with Crippen molar-refractivity contribution in [3.8, 4) is 11.3 Å². The molecule has 0 fully saturated rings. The van der Waals surface area contributed by atoms with Gasteiger partial charge in [0.1, 0.15) is 0 Å². The summed E-state index contributed by atoms with van der Waals surface area (Å²) in [7, 11) is 0. The van der Waals surface area contributed by atoms with E-state index < -0.39 is 0 Å². The summed E-state index contributed by atoms with van der Waals surface area (Å²) < 4.78 is 1.07. The number of nitrogens with one attached hydrogen (secondary N) is 1. The molecule has 0 bridgehead atoms. The molecule has 0 saturated carbocycles. The molecule has 0 aliphatic heterocycles. The van der Waals surface area contributed by atoms with Crippen LogP contribution < -0.4 is 0 Å². The SMILES string of the molecule is Brc1cccc(-c2cc(C3C=CC=C3)[nH]n2)c1. The van der Waals surface area contributed by atoms with Crippen LogP contribution in [0.25, 0.3) is 11.3 Å². The summed E-state index contributed by atoms with van der Waals surface area (Å²) in [6.45, 7) is 0. The van der Waals surface area contributed by atoms with Crippen molar-refractivity contribution >= 4 is 15.9 Å². The third-order valence-corrected chi connectivity index (χ3v) is 3.32. The Hall–Kier alpha value is -1.61. The van der Waals surface area contributed by atoms with Crippen molar-refractivity contribution in [1.82, 2.24) is 10.2 Å². The molecule has 2 aromatic rings. The minimum atomic E-state index is 0.336. The van der Waals surface area contributed by atoms with E-state index in [1.54, 1.807) is 0 Å². The lowest BCUT2D eigenvalue weighted by atomic mass is 10.1. The van der Waals surface area contributed by atoms with Gasteiger partial charge in [-0.1, -0.05) is 52.4 Å². The second-order valence-electron chi connectivity index (χ2n) is 4.01. The lowest BCUT2D eigenvalue weighted by Crippen LogP contribution is -1.87. The molecule has 0 spiro atoms. The standard InChI is InChI=1S/C14H11BrN2/c15-12-7-3-6-11(8-12)14-9-13(16-17-14)10-4-1-2-5-10/h1-10H,(H,16,17). The van der Waals surface area contributed by atoms with Crippen molar-refractivity contribution in [2.45, 2.75) is 5.92 Å². The number of allylic oxidation sites excluding steroid dienone is 4. The first-order chi connectivity index (χ1) is 8.33. The normalized spacial score (nSPS) is 14.6. The average Bonchev–Trinajstić information content (AvgIpc) is 3.00. The van der Waals surface area contributed by atoms with Gasteiger partial charge in [-0.2, -0.15) is 5.10 Å². The van der Waals surface area contributed by atoms with Gasteiger partial charge in [0.2, 0.25) is 0 Å². The Morgan fingerprint density at radius 3 is 2.71 bits per heavy atom. The number of aromatic nitrogens is 2. The van der Waals surface area contributed by atoms with Crippen LogP contribution in [0.2, 0.25) is 0 Å². The molecule has 0 unspecified atom stereocenters. The van der Waals surface area contributed by atoms with Crippen LogP contribution >= 0.6 is 15.9 Å². The van der Waals surface area contributed by atoms with E-state index >= 15 is 0 Å². The first-order valence-electron chi connectivity index (χ1n) is 5.49. The minimum absolute atomic E-state index is 0.336. The van der Waals surface area contributed by atoms with Crippen LogP contribution in [-0.4, -0.2) is 10.2 Å². The molecule has 1 heterocycles. The van der Waals surface area contributed by atoms with E-state index in [-0.39, 0.29) is 0 Å². The second kappa shape index (κ2) is 4.34. The lowest BCUT2D eigenvalue weighted by Gasteiger charge is -1.99. The first kappa shape index (κ1) is 10.5. The predicted molar refractivity (Wildman–Crippen MR) is 72.7 cm³/mol. The van der Waals surface area contributed by atoms with Crippen LogP contribution in [0.4, 0.5) is 0 Å². The van der Waals surface area contributed by atoms with Gasteiger partial charge in [-0.25, -0.2) is 0 Å². The molecule has 1 aromatic heterocycles. The molecule has 1 N–H and O–H groups in total. The van der Waals surface area contributed by atoms with Crippen LogP contribution in [0.3, 0.4) is 0 Å². The largest absolute Gasteiger partial charge is 0.281 e. The van der Waals surface area contributed by atoms with E-state index in [1.165, 1.54) is 0 Å². The molecule has 0 saturated heterocycles. The van der Waals surface area contributed by atoms with E-state index in [2.05, 4.69) is 68.6 Å². The molecule has 0 radical (unpaired) electrons. The molecule has 2 nitrogen and oxygen atoms in total. The highest BCUT2D eigenvalue weighted by Crippen LogP contribution is 2.26. The van der Waals surface area contributed by atoms with Gasteiger partial charge in [0, 0.05) is 21.6 Å². The summed E-state index contributed by atoms with van der Waals surface area (Å²) in [5, 5.41) is 7.46. The van der Waals surface area contributed by atoms with Crippen LogP contribution in [0.15, 0.2) is 59.1 Å². The molecule has 0 amide bonds. The van der Waals surface area contributed by atoms with Crippen molar-refractivity contribution in [3.05, 3.63) is 64.8 Å². The number of hydrogen-bond donors (Lipinski definition) is 1. The van der Waals surface area contributed by atoms with Crippen molar-refractivity contribution in [2.75, 3.05) is 0 Å². The van der Waals surface area contributed by atoms with Crippen LogP contribution in [-0.2, 0) is 0 Å². The highest BCUT2D eigenvalue weighted by molar-refractivity contribution is 9.10. The maximum absolute atomic E-state index is 4.36. The fourth-order valence-electron chi connectivity index (χ4n) is 1.94. The fraction of sp³-hybridized carbons (Fsp3) is 0.0714. The highest BCUT2D eigenvalue weighted by atomic mass is 79.9. The summed E-state index contributed by atoms with van der Waals surface area (Å²) in [4.78, 5) is 0. The first-order valence-corrected chi connectivity index (χ1v) is 6.28. The van der Waals surface area contributed by atoms with Crippen molar-refractivity contribution in [1.29, 1.82) is 0 Å². The summed E-state index contributed by atoms with van der Waals surface area (Å²) in [6, 6.07) is 10.3. The summed E-state index contributed by atoms with van der Waals surface area (Å²) >= 11 is 3.47. The molecule has 84 valence electrons. The van der Waals surface area contributed by atoms with Crippen LogP contribution in [0.1, 0.15) is 11.6 Å². The van der Waals surface area contributed by atoms with Crippen molar-refractivity contribution < 1.29 is 0 Å². The van der Waals surface area contributed by atoms with Gasteiger partial charge >= 0.3 is 0 Å². The molecule has 1 aliphatic carbocycles. The Balaban J connectivity index is 1.94. The van der Waals surface area contributed by atoms with Gasteiger partial charge in [0.15, 0.2) is 0 Å². The minimum Gasteiger partial charge on any atom is -0.281 e. The summed E-state index contributed by atoms with van der Waals surface area (Å²) in [5.74, 6) is 0.336. The maximum Gasteiger partial charge on any atom is 0.0924 e. The topological polar surface area (TPSA) is 28.7 Å². The second-order valence-corrected chi connectivity index (χ2v) is 4.93. The Bertz CT molecular complexity index is 584. The van der Waals surface area contributed by atoms with Gasteiger partial charge in [-0.3, -0.25) is 5.10 Å². The van der Waals surface area contributed by atoms with Crippen LogP contribution in [0, 0.1) is 0 Å². The number of halogens is 1. The zero-order chi connectivity index (χ0) is 11.7. The average molecular weight is 287 g/mol. The monoisotopic (exact) mass is 286 g/mol. The quantitative estimate of drug-likeness (QED) is 0.887. The third-order valence-electron chi connectivity index (χ3n) is 2.83. The number of benzene rings is 1. The van der Waals surface area contributed by atoms with Gasteiger partial charge < -0.3 is 0 Å². The molecular formula is C14H11BrN2. The third kappa shape index (κ3) is 2.11. The van der Waals surface area contributed by atoms with E-state index in [1.807, 2.05) is 12.1 Å². The number of H-pyrrole nitrogens is 1. The van der Waals surface area contributed by atoms with Gasteiger partial charge in [0.05, 0.1) is 5.69 Å². The Morgan fingerprint density at radius 2 is 1.94 bits per heavy atom. The highest BCUT2D eigenvalue weighted by Gasteiger charge is 2.11. The van der Waals surface area contributed by atoms with E-state index in [0.717, 1.165) is 21.4 Å². The van der Waals surface area contributed by atoms with Gasteiger partial charge in [0.25, 0.3) is 0 Å². The summed E-state index contributed by atoms with van der Waals surface area (Å²) in [5.41, 5.74) is 3.23. The lowest BCUT2D eigenvalue weighted by molar-refractivity contribution is 0.956. The zero-order valence-electron chi connectivity index (χ0n) is 9.10. The predicted octanol–water partition coefficient (Wildman–Crippen LogP) is 4.05. The molecule has 3 heteroatoms. The molecule has 3 rings (SSSR count). The number of nitrogens with zero attached hydrogens (tertiary/aromatic N) is 1. The van der Waals surface area contributed by atoms with Crippen LogP contribution in [0.5, 0.6) is 0 Å². The Labute approximate surface area is 108 Å². The smallest absolute Gasteiger partial charge is 0.0924 e. The molecule has 1 aliphatic rings. The van der Waals surface area contributed by atoms with E-state index in [9.17, 15) is 0 Å². The summed E-state index contributed by atoms with van der Waals surface area (Å²) in [6.07, 6.45) is 8.42. The number of aromatic amines is 1. The maximum atomic E-state index is 4.36. The zero-order valence-corrected chi connectivity index (χ0v) is 10.7. The molecule has 0 atom stereocenters. The molecule has 17 heavy (non-hydrogen) atoms. The number of hydrogen-bond acceptors (Lipinski definition) is 1. The Kier molecular flexibility index (Phi) is 2.69. The molecule has 1 aromatic carbocycles. The fourth-order valence-corrected chi connectivity index (χ4v) is 2.34. The Morgan fingerprint density at radius 1 is 1.12 bits per heavy atom. The van der Waals surface area contributed by atoms with E-state index in [0.29, 0.717) is 5.92 Å². The van der Waals surface area contributed by atoms with Gasteiger partial charge in [-0.15, -0.1) is 0 Å². The van der Waals surface area contributed by atoms with Crippen molar-refractivity contribution in [2.24, 2.45) is 0 Å². The van der Waals surface area contributed by atoms with E-state index in [4.69, 9.17) is 0 Å².